The van der Waals surface area contributed by atoms with Gasteiger partial charge in [0.05, 0.1) is 18.3 Å². The lowest BCUT2D eigenvalue weighted by molar-refractivity contribution is 0.281. The fourth-order valence-electron chi connectivity index (χ4n) is 1.91. The molecule has 0 atom stereocenters. The molecule has 1 aromatic carbocycles. The lowest BCUT2D eigenvalue weighted by atomic mass is 10.2. The average molecular weight is 306 g/mol. The number of hydrogen-bond donors (Lipinski definition) is 1. The monoisotopic (exact) mass is 306 g/mol. The molecule has 114 valence electrons. The Bertz CT molecular complexity index is 541. The summed E-state index contributed by atoms with van der Waals surface area (Å²) in [6.45, 7) is 6.70. The van der Waals surface area contributed by atoms with Crippen LogP contribution in [0.4, 0.5) is 0 Å². The van der Waals surface area contributed by atoms with Crippen LogP contribution < -0.4 is 14.8 Å². The van der Waals surface area contributed by atoms with Crippen molar-refractivity contribution in [1.29, 1.82) is 0 Å². The molecule has 0 aliphatic rings. The van der Waals surface area contributed by atoms with Crippen molar-refractivity contribution in [1.82, 2.24) is 10.3 Å². The standard InChI is InChI=1S/C16H22N2O2S/c1-12(2)7-17-8-13-4-5-15(16(6-13)19-3)20-9-14-10-21-11-18-14/h4-6,10-12,17H,7-9H2,1-3H3. The molecule has 2 aromatic rings. The molecule has 0 amide bonds. The number of thiazole rings is 1. The summed E-state index contributed by atoms with van der Waals surface area (Å²) in [5, 5.41) is 5.40. The molecule has 4 nitrogen and oxygen atoms in total. The maximum absolute atomic E-state index is 5.77. The van der Waals surface area contributed by atoms with Gasteiger partial charge < -0.3 is 14.8 Å². The fraction of sp³-hybridized carbons (Fsp3) is 0.438. The summed E-state index contributed by atoms with van der Waals surface area (Å²) in [4.78, 5) is 4.20. The zero-order valence-corrected chi connectivity index (χ0v) is 13.6. The van der Waals surface area contributed by atoms with Gasteiger partial charge in [0.2, 0.25) is 0 Å². The van der Waals surface area contributed by atoms with E-state index in [4.69, 9.17) is 9.47 Å². The first-order chi connectivity index (χ1) is 10.2. The Kier molecular flexibility index (Phi) is 6.02. The number of hydrogen-bond acceptors (Lipinski definition) is 5. The summed E-state index contributed by atoms with van der Waals surface area (Å²) in [5.41, 5.74) is 3.93. The summed E-state index contributed by atoms with van der Waals surface area (Å²) in [6.07, 6.45) is 0. The van der Waals surface area contributed by atoms with Crippen LogP contribution in [0.2, 0.25) is 0 Å². The van der Waals surface area contributed by atoms with Crippen molar-refractivity contribution in [3.8, 4) is 11.5 Å². The molecule has 1 heterocycles. The third kappa shape index (κ3) is 5.02. The largest absolute Gasteiger partial charge is 0.493 e. The second-order valence-corrected chi connectivity index (χ2v) is 6.00. The third-order valence-electron chi connectivity index (χ3n) is 2.97. The molecule has 0 spiro atoms. The van der Waals surface area contributed by atoms with Crippen molar-refractivity contribution >= 4 is 11.3 Å². The van der Waals surface area contributed by atoms with Crippen LogP contribution in [0.25, 0.3) is 0 Å². The number of benzene rings is 1. The zero-order valence-electron chi connectivity index (χ0n) is 12.8. The van der Waals surface area contributed by atoms with Gasteiger partial charge in [-0.2, -0.15) is 0 Å². The van der Waals surface area contributed by atoms with Crippen molar-refractivity contribution in [2.75, 3.05) is 13.7 Å². The smallest absolute Gasteiger partial charge is 0.161 e. The quantitative estimate of drug-likeness (QED) is 0.811. The number of nitrogens with zero attached hydrogens (tertiary/aromatic N) is 1. The molecule has 0 fully saturated rings. The number of aromatic nitrogens is 1. The van der Waals surface area contributed by atoms with Crippen LogP contribution in [0.15, 0.2) is 29.1 Å². The van der Waals surface area contributed by atoms with Crippen LogP contribution in [0.5, 0.6) is 11.5 Å². The predicted octanol–water partition coefficient (Wildman–Crippen LogP) is 3.48. The van der Waals surface area contributed by atoms with Crippen molar-refractivity contribution < 1.29 is 9.47 Å². The summed E-state index contributed by atoms with van der Waals surface area (Å²) in [5.74, 6) is 2.15. The molecule has 0 saturated heterocycles. The summed E-state index contributed by atoms with van der Waals surface area (Å²) >= 11 is 1.57. The second kappa shape index (κ2) is 8.00. The van der Waals surface area contributed by atoms with Crippen molar-refractivity contribution in [2.45, 2.75) is 27.0 Å². The maximum atomic E-state index is 5.77. The van der Waals surface area contributed by atoms with E-state index in [0.29, 0.717) is 12.5 Å². The van der Waals surface area contributed by atoms with E-state index < -0.39 is 0 Å². The fourth-order valence-corrected chi connectivity index (χ4v) is 2.45. The topological polar surface area (TPSA) is 43.4 Å². The SMILES string of the molecule is COc1cc(CNCC(C)C)ccc1OCc1cscn1. The Labute approximate surface area is 130 Å². The molecular weight excluding hydrogens is 284 g/mol. The van der Waals surface area contributed by atoms with Gasteiger partial charge in [0.25, 0.3) is 0 Å². The van der Waals surface area contributed by atoms with Crippen LogP contribution in [0.1, 0.15) is 25.1 Å². The van der Waals surface area contributed by atoms with Crippen LogP contribution in [0, 0.1) is 5.92 Å². The number of ether oxygens (including phenoxy) is 2. The van der Waals surface area contributed by atoms with E-state index in [0.717, 1.165) is 30.3 Å². The average Bonchev–Trinajstić information content (AvgIpc) is 2.98. The van der Waals surface area contributed by atoms with Gasteiger partial charge in [-0.15, -0.1) is 11.3 Å². The van der Waals surface area contributed by atoms with Crippen molar-refractivity contribution in [3.63, 3.8) is 0 Å². The Morgan fingerprint density at radius 2 is 2.14 bits per heavy atom. The molecule has 0 aliphatic carbocycles. The van der Waals surface area contributed by atoms with Crippen molar-refractivity contribution in [2.24, 2.45) is 5.92 Å². The van der Waals surface area contributed by atoms with Gasteiger partial charge in [-0.05, 0) is 30.2 Å². The van der Waals surface area contributed by atoms with E-state index >= 15 is 0 Å². The van der Waals surface area contributed by atoms with Gasteiger partial charge in [-0.25, -0.2) is 4.98 Å². The molecular formula is C16H22N2O2S. The first-order valence-corrected chi connectivity index (χ1v) is 8.01. The molecule has 21 heavy (non-hydrogen) atoms. The minimum atomic E-state index is 0.463. The van der Waals surface area contributed by atoms with Crippen LogP contribution in [-0.2, 0) is 13.2 Å². The highest BCUT2D eigenvalue weighted by Crippen LogP contribution is 2.28. The van der Waals surface area contributed by atoms with E-state index in [9.17, 15) is 0 Å². The number of methoxy groups -OCH3 is 1. The minimum absolute atomic E-state index is 0.463. The molecule has 0 saturated carbocycles. The highest BCUT2D eigenvalue weighted by molar-refractivity contribution is 7.07. The Balaban J connectivity index is 1.95. The minimum Gasteiger partial charge on any atom is -0.493 e. The molecule has 1 N–H and O–H groups in total. The third-order valence-corrected chi connectivity index (χ3v) is 3.60. The van der Waals surface area contributed by atoms with Gasteiger partial charge in [-0.1, -0.05) is 19.9 Å². The van der Waals surface area contributed by atoms with Crippen LogP contribution >= 0.6 is 11.3 Å². The first-order valence-electron chi connectivity index (χ1n) is 7.06. The van der Waals surface area contributed by atoms with Gasteiger partial charge in [0.1, 0.15) is 6.61 Å². The Morgan fingerprint density at radius 3 is 2.81 bits per heavy atom. The lowest BCUT2D eigenvalue weighted by Crippen LogP contribution is -2.18. The molecule has 1 aromatic heterocycles. The molecule has 5 heteroatoms. The highest BCUT2D eigenvalue weighted by atomic mass is 32.1. The molecule has 2 rings (SSSR count). The maximum Gasteiger partial charge on any atom is 0.161 e. The van der Waals surface area contributed by atoms with E-state index in [1.807, 2.05) is 17.5 Å². The normalized spacial score (nSPS) is 10.9. The second-order valence-electron chi connectivity index (χ2n) is 5.28. The summed E-state index contributed by atoms with van der Waals surface area (Å²) in [6, 6.07) is 6.04. The van der Waals surface area contributed by atoms with E-state index in [-0.39, 0.29) is 0 Å². The predicted molar refractivity (Wildman–Crippen MR) is 86.0 cm³/mol. The molecule has 0 bridgehead atoms. The number of rotatable bonds is 8. The van der Waals surface area contributed by atoms with E-state index in [1.165, 1.54) is 5.56 Å². The Hall–Kier alpha value is -1.59. The zero-order chi connectivity index (χ0) is 15.1. The first kappa shape index (κ1) is 15.8. The van der Waals surface area contributed by atoms with Gasteiger partial charge in [0, 0.05) is 11.9 Å². The Morgan fingerprint density at radius 1 is 1.29 bits per heavy atom. The van der Waals surface area contributed by atoms with Crippen LogP contribution in [0.3, 0.4) is 0 Å². The van der Waals surface area contributed by atoms with Crippen molar-refractivity contribution in [3.05, 3.63) is 40.3 Å². The number of nitrogens with one attached hydrogen (secondary N) is 1. The molecule has 0 aliphatic heterocycles. The van der Waals surface area contributed by atoms with E-state index in [1.54, 1.807) is 24.0 Å². The van der Waals surface area contributed by atoms with Gasteiger partial charge in [-0.3, -0.25) is 0 Å². The molecule has 0 radical (unpaired) electrons. The highest BCUT2D eigenvalue weighted by Gasteiger charge is 2.07. The van der Waals surface area contributed by atoms with Gasteiger partial charge >= 0.3 is 0 Å². The lowest BCUT2D eigenvalue weighted by Gasteiger charge is -2.12. The summed E-state index contributed by atoms with van der Waals surface area (Å²) in [7, 11) is 1.66. The van der Waals surface area contributed by atoms with Crippen LogP contribution in [-0.4, -0.2) is 18.6 Å². The summed E-state index contributed by atoms with van der Waals surface area (Å²) < 4.78 is 11.2. The van der Waals surface area contributed by atoms with E-state index in [2.05, 4.69) is 30.2 Å². The van der Waals surface area contributed by atoms with Gasteiger partial charge in [0.15, 0.2) is 11.5 Å². The molecule has 0 unspecified atom stereocenters.